The first-order chi connectivity index (χ1) is 9.13. The van der Waals surface area contributed by atoms with Crippen LogP contribution in [0.4, 0.5) is 17.5 Å². The maximum Gasteiger partial charge on any atom is 0.329 e. The largest absolute Gasteiger partial charge is 0.396 e. The Hall–Kier alpha value is -1.96. The number of aliphatic hydroxyl groups is 1. The maximum absolute atomic E-state index is 11.0. The first kappa shape index (κ1) is 15.1. The molecule has 0 spiro atoms. The van der Waals surface area contributed by atoms with Crippen molar-refractivity contribution in [3.8, 4) is 0 Å². The SMILES string of the molecule is CCNc1ncc([N+](=O)[O-])c(N(CC)CCCO)n1. The fraction of sp³-hybridized carbons (Fsp3) is 0.636. The van der Waals surface area contributed by atoms with Gasteiger partial charge < -0.3 is 15.3 Å². The normalized spacial score (nSPS) is 10.3. The Morgan fingerprint density at radius 3 is 2.79 bits per heavy atom. The van der Waals surface area contributed by atoms with Crippen LogP contribution in [0, 0.1) is 10.1 Å². The molecule has 2 N–H and O–H groups in total. The fourth-order valence-corrected chi connectivity index (χ4v) is 1.65. The van der Waals surface area contributed by atoms with E-state index in [1.165, 1.54) is 6.20 Å². The minimum atomic E-state index is -0.493. The van der Waals surface area contributed by atoms with Crippen molar-refractivity contribution >= 4 is 17.5 Å². The minimum absolute atomic E-state index is 0.0372. The highest BCUT2D eigenvalue weighted by molar-refractivity contribution is 5.58. The highest BCUT2D eigenvalue weighted by Crippen LogP contribution is 2.26. The molecule has 1 heterocycles. The predicted molar refractivity (Wildman–Crippen MR) is 72.4 cm³/mol. The standard InChI is InChI=1S/C11H19N5O3/c1-3-12-11-13-8-9(16(18)19)10(14-11)15(4-2)6-5-7-17/h8,17H,3-7H2,1-2H3,(H,12,13,14). The van der Waals surface area contributed by atoms with Crippen LogP contribution in [0.2, 0.25) is 0 Å². The molecule has 0 aromatic carbocycles. The third-order valence-electron chi connectivity index (χ3n) is 2.55. The fourth-order valence-electron chi connectivity index (χ4n) is 1.65. The summed E-state index contributed by atoms with van der Waals surface area (Å²) in [5, 5.41) is 22.8. The zero-order chi connectivity index (χ0) is 14.3. The highest BCUT2D eigenvalue weighted by atomic mass is 16.6. The summed E-state index contributed by atoms with van der Waals surface area (Å²) in [5.41, 5.74) is -0.124. The zero-order valence-electron chi connectivity index (χ0n) is 11.2. The maximum atomic E-state index is 11.0. The van der Waals surface area contributed by atoms with Crippen molar-refractivity contribution in [3.05, 3.63) is 16.3 Å². The summed E-state index contributed by atoms with van der Waals surface area (Å²) in [5.74, 6) is 0.650. The molecule has 0 atom stereocenters. The van der Waals surface area contributed by atoms with Gasteiger partial charge >= 0.3 is 5.69 Å². The monoisotopic (exact) mass is 269 g/mol. The number of hydrogen-bond donors (Lipinski definition) is 2. The molecule has 1 rings (SSSR count). The van der Waals surface area contributed by atoms with Crippen LogP contribution in [-0.2, 0) is 0 Å². The Kier molecular flexibility index (Phi) is 5.94. The van der Waals surface area contributed by atoms with Crippen LogP contribution in [0.25, 0.3) is 0 Å². The number of nitrogens with one attached hydrogen (secondary N) is 1. The summed E-state index contributed by atoms with van der Waals surface area (Å²) in [4.78, 5) is 20.4. The Morgan fingerprint density at radius 1 is 1.53 bits per heavy atom. The van der Waals surface area contributed by atoms with E-state index >= 15 is 0 Å². The third kappa shape index (κ3) is 4.02. The van der Waals surface area contributed by atoms with Crippen LogP contribution in [0.5, 0.6) is 0 Å². The van der Waals surface area contributed by atoms with Gasteiger partial charge in [0.05, 0.1) is 4.92 Å². The Balaban J connectivity index is 3.10. The second kappa shape index (κ2) is 7.47. The van der Waals surface area contributed by atoms with Gasteiger partial charge in [-0.1, -0.05) is 0 Å². The molecule has 0 aliphatic rings. The number of aliphatic hydroxyl groups excluding tert-OH is 1. The first-order valence-electron chi connectivity index (χ1n) is 6.25. The molecule has 8 heteroatoms. The Morgan fingerprint density at radius 2 is 2.26 bits per heavy atom. The van der Waals surface area contributed by atoms with Crippen molar-refractivity contribution in [2.75, 3.05) is 36.5 Å². The lowest BCUT2D eigenvalue weighted by Gasteiger charge is -2.21. The average Bonchev–Trinajstić information content (AvgIpc) is 2.40. The van der Waals surface area contributed by atoms with Crippen molar-refractivity contribution in [3.63, 3.8) is 0 Å². The smallest absolute Gasteiger partial charge is 0.329 e. The van der Waals surface area contributed by atoms with Crippen molar-refractivity contribution in [2.45, 2.75) is 20.3 Å². The number of nitrogens with zero attached hydrogens (tertiary/aromatic N) is 4. The summed E-state index contributed by atoms with van der Waals surface area (Å²) < 4.78 is 0. The van der Waals surface area contributed by atoms with Crippen LogP contribution in [0.3, 0.4) is 0 Å². The lowest BCUT2D eigenvalue weighted by molar-refractivity contribution is -0.384. The number of hydrogen-bond acceptors (Lipinski definition) is 7. The number of nitro groups is 1. The first-order valence-corrected chi connectivity index (χ1v) is 6.25. The molecule has 0 saturated carbocycles. The summed E-state index contributed by atoms with van der Waals surface area (Å²) in [6.07, 6.45) is 1.74. The molecule has 0 radical (unpaired) electrons. The Bertz CT molecular complexity index is 427. The number of anilines is 2. The molecule has 0 unspecified atom stereocenters. The molecule has 0 amide bonds. The molecule has 0 bridgehead atoms. The van der Waals surface area contributed by atoms with E-state index in [2.05, 4.69) is 15.3 Å². The van der Waals surface area contributed by atoms with Crippen LogP contribution < -0.4 is 10.2 Å². The van der Waals surface area contributed by atoms with E-state index in [9.17, 15) is 10.1 Å². The topological polar surface area (TPSA) is 104 Å². The summed E-state index contributed by atoms with van der Waals surface area (Å²) in [6, 6.07) is 0. The van der Waals surface area contributed by atoms with E-state index in [0.29, 0.717) is 32.0 Å². The van der Waals surface area contributed by atoms with Crippen LogP contribution in [0.1, 0.15) is 20.3 Å². The minimum Gasteiger partial charge on any atom is -0.396 e. The van der Waals surface area contributed by atoms with E-state index < -0.39 is 4.92 Å². The zero-order valence-corrected chi connectivity index (χ0v) is 11.2. The van der Waals surface area contributed by atoms with Gasteiger partial charge in [-0.15, -0.1) is 0 Å². The molecular weight excluding hydrogens is 250 g/mol. The van der Waals surface area contributed by atoms with Gasteiger partial charge in [-0.05, 0) is 20.3 Å². The highest BCUT2D eigenvalue weighted by Gasteiger charge is 2.21. The molecule has 1 aromatic heterocycles. The van der Waals surface area contributed by atoms with Crippen molar-refractivity contribution in [1.29, 1.82) is 0 Å². The van der Waals surface area contributed by atoms with Crippen LogP contribution in [-0.4, -0.2) is 46.2 Å². The molecule has 1 aromatic rings. The van der Waals surface area contributed by atoms with E-state index in [0.717, 1.165) is 0 Å². The molecule has 0 saturated heterocycles. The van der Waals surface area contributed by atoms with E-state index in [1.54, 1.807) is 4.90 Å². The quantitative estimate of drug-likeness (QED) is 0.536. The van der Waals surface area contributed by atoms with Gasteiger partial charge in [-0.2, -0.15) is 4.98 Å². The lowest BCUT2D eigenvalue weighted by Crippen LogP contribution is -2.27. The molecule has 106 valence electrons. The lowest BCUT2D eigenvalue weighted by atomic mass is 10.3. The van der Waals surface area contributed by atoms with E-state index in [4.69, 9.17) is 5.11 Å². The second-order valence-electron chi connectivity index (χ2n) is 3.85. The molecular formula is C11H19N5O3. The van der Waals surface area contributed by atoms with Gasteiger partial charge in [0, 0.05) is 26.2 Å². The molecule has 19 heavy (non-hydrogen) atoms. The number of rotatable bonds is 8. The van der Waals surface area contributed by atoms with Gasteiger partial charge in [0.25, 0.3) is 0 Å². The van der Waals surface area contributed by atoms with Gasteiger partial charge in [0.2, 0.25) is 11.8 Å². The van der Waals surface area contributed by atoms with E-state index in [1.807, 2.05) is 13.8 Å². The number of aromatic nitrogens is 2. The third-order valence-corrected chi connectivity index (χ3v) is 2.55. The van der Waals surface area contributed by atoms with Crippen molar-refractivity contribution in [1.82, 2.24) is 9.97 Å². The van der Waals surface area contributed by atoms with E-state index in [-0.39, 0.29) is 18.1 Å². The van der Waals surface area contributed by atoms with Gasteiger partial charge in [-0.25, -0.2) is 4.98 Å². The van der Waals surface area contributed by atoms with Gasteiger partial charge in [-0.3, -0.25) is 10.1 Å². The molecule has 0 fully saturated rings. The summed E-state index contributed by atoms with van der Waals surface area (Å²) >= 11 is 0. The predicted octanol–water partition coefficient (Wildman–Crippen LogP) is 1.03. The molecule has 0 aliphatic heterocycles. The van der Waals surface area contributed by atoms with Gasteiger partial charge in [0.1, 0.15) is 6.20 Å². The van der Waals surface area contributed by atoms with Crippen molar-refractivity contribution in [2.24, 2.45) is 0 Å². The van der Waals surface area contributed by atoms with Gasteiger partial charge in [0.15, 0.2) is 0 Å². The Labute approximate surface area is 111 Å². The second-order valence-corrected chi connectivity index (χ2v) is 3.85. The molecule has 0 aliphatic carbocycles. The van der Waals surface area contributed by atoms with Crippen LogP contribution in [0.15, 0.2) is 6.20 Å². The van der Waals surface area contributed by atoms with Crippen molar-refractivity contribution < 1.29 is 10.0 Å². The molecule has 8 nitrogen and oxygen atoms in total. The summed E-state index contributed by atoms with van der Waals surface area (Å²) in [6.45, 7) is 5.54. The summed E-state index contributed by atoms with van der Waals surface area (Å²) in [7, 11) is 0. The average molecular weight is 269 g/mol. The van der Waals surface area contributed by atoms with Crippen LogP contribution >= 0.6 is 0 Å².